The first kappa shape index (κ1) is 15.3. The van der Waals surface area contributed by atoms with Crippen LogP contribution in [0.1, 0.15) is 32.3 Å². The average molecular weight is 276 g/mol. The number of hydrogen-bond donors (Lipinski definition) is 1. The number of benzene rings is 1. The van der Waals surface area contributed by atoms with Crippen LogP contribution in [0.25, 0.3) is 0 Å². The van der Waals surface area contributed by atoms with Crippen molar-refractivity contribution in [2.75, 3.05) is 26.7 Å². The number of likely N-dealkylation sites (tertiary alicyclic amines) is 1. The van der Waals surface area contributed by atoms with Gasteiger partial charge in [0.05, 0.1) is 7.11 Å². The molecule has 1 aliphatic heterocycles. The van der Waals surface area contributed by atoms with Gasteiger partial charge in [0, 0.05) is 19.1 Å². The Balaban J connectivity index is 1.82. The van der Waals surface area contributed by atoms with Gasteiger partial charge in [-0.15, -0.1) is 0 Å². The van der Waals surface area contributed by atoms with Crippen LogP contribution >= 0.6 is 0 Å². The summed E-state index contributed by atoms with van der Waals surface area (Å²) in [6, 6.07) is 9.05. The van der Waals surface area contributed by atoms with Gasteiger partial charge in [0.25, 0.3) is 0 Å². The average Bonchev–Trinajstić information content (AvgIpc) is 2.46. The maximum absolute atomic E-state index is 5.21. The number of nitrogens with one attached hydrogen (secondary N) is 1. The topological polar surface area (TPSA) is 24.5 Å². The molecular weight excluding hydrogens is 248 g/mol. The first-order valence-electron chi connectivity index (χ1n) is 7.76. The Bertz CT molecular complexity index is 388. The highest BCUT2D eigenvalue weighted by molar-refractivity contribution is 5.27. The summed E-state index contributed by atoms with van der Waals surface area (Å²) >= 11 is 0. The summed E-state index contributed by atoms with van der Waals surface area (Å²) in [5.41, 5.74) is 1.38. The summed E-state index contributed by atoms with van der Waals surface area (Å²) < 4.78 is 5.21. The molecule has 1 aromatic carbocycles. The smallest absolute Gasteiger partial charge is 0.118 e. The highest BCUT2D eigenvalue weighted by Gasteiger charge is 2.19. The quantitative estimate of drug-likeness (QED) is 0.864. The van der Waals surface area contributed by atoms with Crippen LogP contribution < -0.4 is 10.1 Å². The van der Waals surface area contributed by atoms with E-state index in [4.69, 9.17) is 4.74 Å². The molecule has 0 aliphatic carbocycles. The fourth-order valence-corrected chi connectivity index (χ4v) is 2.85. The van der Waals surface area contributed by atoms with Crippen LogP contribution in [0.15, 0.2) is 24.3 Å². The van der Waals surface area contributed by atoms with Crippen molar-refractivity contribution < 1.29 is 4.74 Å². The molecule has 1 aromatic rings. The van der Waals surface area contributed by atoms with Gasteiger partial charge >= 0.3 is 0 Å². The van der Waals surface area contributed by atoms with Crippen molar-refractivity contribution in [1.29, 1.82) is 0 Å². The van der Waals surface area contributed by atoms with Gasteiger partial charge in [-0.25, -0.2) is 0 Å². The summed E-state index contributed by atoms with van der Waals surface area (Å²) in [6.07, 6.45) is 2.68. The predicted molar refractivity (Wildman–Crippen MR) is 84.1 cm³/mol. The Hall–Kier alpha value is -1.06. The molecule has 1 aliphatic rings. The first-order valence-corrected chi connectivity index (χ1v) is 7.76. The summed E-state index contributed by atoms with van der Waals surface area (Å²) in [7, 11) is 1.71. The molecule has 3 heteroatoms. The zero-order valence-corrected chi connectivity index (χ0v) is 13.1. The van der Waals surface area contributed by atoms with Crippen molar-refractivity contribution in [3.05, 3.63) is 29.8 Å². The lowest BCUT2D eigenvalue weighted by atomic mass is 9.97. The third kappa shape index (κ3) is 4.80. The number of rotatable bonds is 6. The first-order chi connectivity index (χ1) is 9.67. The Morgan fingerprint density at radius 1 is 1.30 bits per heavy atom. The second-order valence-corrected chi connectivity index (χ2v) is 6.15. The molecule has 1 heterocycles. The van der Waals surface area contributed by atoms with E-state index in [0.717, 1.165) is 24.8 Å². The van der Waals surface area contributed by atoms with E-state index in [2.05, 4.69) is 48.3 Å². The molecule has 1 atom stereocenters. The second kappa shape index (κ2) is 7.65. The molecule has 1 saturated heterocycles. The van der Waals surface area contributed by atoms with E-state index >= 15 is 0 Å². The number of ether oxygens (including phenoxy) is 1. The standard InChI is InChI=1S/C17H28N2O/c1-14(2)18-11-16-5-4-10-19(13-16)12-15-6-8-17(20-3)9-7-15/h6-9,14,16,18H,4-5,10-13H2,1-3H3. The van der Waals surface area contributed by atoms with Gasteiger partial charge in [-0.3, -0.25) is 4.90 Å². The summed E-state index contributed by atoms with van der Waals surface area (Å²) in [6.45, 7) is 9.09. The van der Waals surface area contributed by atoms with E-state index in [0.29, 0.717) is 6.04 Å². The maximum atomic E-state index is 5.21. The van der Waals surface area contributed by atoms with E-state index in [-0.39, 0.29) is 0 Å². The SMILES string of the molecule is COc1ccc(CN2CCCC(CNC(C)C)C2)cc1. The fraction of sp³-hybridized carbons (Fsp3) is 0.647. The zero-order valence-electron chi connectivity index (χ0n) is 13.1. The van der Waals surface area contributed by atoms with Crippen molar-refractivity contribution in [2.24, 2.45) is 5.92 Å². The largest absolute Gasteiger partial charge is 0.497 e. The number of hydrogen-bond acceptors (Lipinski definition) is 3. The van der Waals surface area contributed by atoms with Gasteiger partial charge in [-0.2, -0.15) is 0 Å². The van der Waals surface area contributed by atoms with Crippen LogP contribution in [-0.2, 0) is 6.54 Å². The Labute approximate surface area is 123 Å². The number of methoxy groups -OCH3 is 1. The van der Waals surface area contributed by atoms with E-state index in [9.17, 15) is 0 Å². The molecule has 1 N–H and O–H groups in total. The van der Waals surface area contributed by atoms with Gasteiger partial charge in [0.2, 0.25) is 0 Å². The molecular formula is C17H28N2O. The Morgan fingerprint density at radius 3 is 2.70 bits per heavy atom. The highest BCUT2D eigenvalue weighted by Crippen LogP contribution is 2.19. The van der Waals surface area contributed by atoms with Crippen LogP contribution in [0.3, 0.4) is 0 Å². The van der Waals surface area contributed by atoms with Crippen LogP contribution in [0.5, 0.6) is 5.75 Å². The monoisotopic (exact) mass is 276 g/mol. The van der Waals surface area contributed by atoms with Crippen molar-refractivity contribution >= 4 is 0 Å². The number of piperidine rings is 1. The molecule has 0 amide bonds. The normalized spacial score (nSPS) is 20.3. The lowest BCUT2D eigenvalue weighted by molar-refractivity contribution is 0.164. The van der Waals surface area contributed by atoms with Gasteiger partial charge < -0.3 is 10.1 Å². The van der Waals surface area contributed by atoms with E-state index < -0.39 is 0 Å². The summed E-state index contributed by atoms with van der Waals surface area (Å²) in [4.78, 5) is 2.58. The minimum atomic E-state index is 0.590. The van der Waals surface area contributed by atoms with Crippen molar-refractivity contribution in [2.45, 2.75) is 39.3 Å². The van der Waals surface area contributed by atoms with Crippen LogP contribution in [0.4, 0.5) is 0 Å². The fourth-order valence-electron chi connectivity index (χ4n) is 2.85. The third-order valence-electron chi connectivity index (χ3n) is 3.98. The van der Waals surface area contributed by atoms with E-state index in [1.165, 1.54) is 31.5 Å². The lowest BCUT2D eigenvalue weighted by Gasteiger charge is -2.33. The lowest BCUT2D eigenvalue weighted by Crippen LogP contribution is -2.40. The molecule has 2 rings (SSSR count). The molecule has 0 aromatic heterocycles. The zero-order chi connectivity index (χ0) is 14.4. The van der Waals surface area contributed by atoms with E-state index in [1.807, 2.05) is 0 Å². The Kier molecular flexibility index (Phi) is 5.86. The summed E-state index contributed by atoms with van der Waals surface area (Å²) in [5.74, 6) is 1.73. The molecule has 3 nitrogen and oxygen atoms in total. The van der Waals surface area contributed by atoms with Crippen LogP contribution in [-0.4, -0.2) is 37.7 Å². The third-order valence-corrected chi connectivity index (χ3v) is 3.98. The maximum Gasteiger partial charge on any atom is 0.118 e. The minimum absolute atomic E-state index is 0.590. The van der Waals surface area contributed by atoms with Gasteiger partial charge in [-0.05, 0) is 49.5 Å². The molecule has 1 unspecified atom stereocenters. The summed E-state index contributed by atoms with van der Waals surface area (Å²) in [5, 5.41) is 3.57. The molecule has 112 valence electrons. The van der Waals surface area contributed by atoms with Crippen molar-refractivity contribution in [3.8, 4) is 5.75 Å². The molecule has 0 bridgehead atoms. The van der Waals surface area contributed by atoms with Gasteiger partial charge in [-0.1, -0.05) is 26.0 Å². The molecule has 1 fully saturated rings. The predicted octanol–water partition coefficient (Wildman–Crippen LogP) is 2.91. The molecule has 0 spiro atoms. The van der Waals surface area contributed by atoms with Crippen molar-refractivity contribution in [3.63, 3.8) is 0 Å². The molecule has 0 saturated carbocycles. The van der Waals surface area contributed by atoms with Gasteiger partial charge in [0.15, 0.2) is 0 Å². The highest BCUT2D eigenvalue weighted by atomic mass is 16.5. The molecule has 20 heavy (non-hydrogen) atoms. The number of nitrogens with zero attached hydrogens (tertiary/aromatic N) is 1. The van der Waals surface area contributed by atoms with Crippen LogP contribution in [0.2, 0.25) is 0 Å². The Morgan fingerprint density at radius 2 is 2.05 bits per heavy atom. The van der Waals surface area contributed by atoms with Gasteiger partial charge in [0.1, 0.15) is 5.75 Å². The van der Waals surface area contributed by atoms with Crippen molar-refractivity contribution in [1.82, 2.24) is 10.2 Å². The second-order valence-electron chi connectivity index (χ2n) is 6.15. The minimum Gasteiger partial charge on any atom is -0.497 e. The van der Waals surface area contributed by atoms with Crippen LogP contribution in [0, 0.1) is 5.92 Å². The molecule has 0 radical (unpaired) electrons. The van der Waals surface area contributed by atoms with E-state index in [1.54, 1.807) is 7.11 Å².